The number of ether oxygens (including phenoxy) is 2. The van der Waals surface area contributed by atoms with E-state index in [-0.39, 0.29) is 11.8 Å². The van der Waals surface area contributed by atoms with Crippen molar-refractivity contribution >= 4 is 11.8 Å². The van der Waals surface area contributed by atoms with E-state index < -0.39 is 5.41 Å². The smallest absolute Gasteiger partial charge is 0.234 e. The number of imide groups is 1. The fourth-order valence-corrected chi connectivity index (χ4v) is 3.34. The summed E-state index contributed by atoms with van der Waals surface area (Å²) in [6.45, 7) is 2.10. The number of benzene rings is 1. The largest absolute Gasteiger partial charge is 0.497 e. The van der Waals surface area contributed by atoms with Gasteiger partial charge in [-0.3, -0.25) is 19.8 Å². The zero-order chi connectivity index (χ0) is 15.7. The zero-order valence-electron chi connectivity index (χ0n) is 12.8. The summed E-state index contributed by atoms with van der Waals surface area (Å²) < 4.78 is 10.6. The number of methoxy groups -OCH3 is 2. The predicted molar refractivity (Wildman–Crippen MR) is 79.6 cm³/mol. The summed E-state index contributed by atoms with van der Waals surface area (Å²) in [5.41, 5.74) is 0.515. The van der Waals surface area contributed by atoms with Crippen molar-refractivity contribution in [1.82, 2.24) is 10.2 Å². The maximum atomic E-state index is 12.0. The Balaban J connectivity index is 1.73. The van der Waals surface area contributed by atoms with E-state index >= 15 is 0 Å². The zero-order valence-corrected chi connectivity index (χ0v) is 12.8. The number of amides is 2. The van der Waals surface area contributed by atoms with E-state index in [1.54, 1.807) is 14.2 Å². The van der Waals surface area contributed by atoms with Gasteiger partial charge >= 0.3 is 0 Å². The molecule has 1 atom stereocenters. The van der Waals surface area contributed by atoms with Crippen LogP contribution in [0.1, 0.15) is 18.4 Å². The summed E-state index contributed by atoms with van der Waals surface area (Å²) in [6, 6.07) is 5.73. The van der Waals surface area contributed by atoms with Crippen molar-refractivity contribution < 1.29 is 19.1 Å². The lowest BCUT2D eigenvalue weighted by Crippen LogP contribution is -2.34. The highest BCUT2D eigenvalue weighted by atomic mass is 16.5. The van der Waals surface area contributed by atoms with E-state index in [0.29, 0.717) is 19.5 Å². The van der Waals surface area contributed by atoms with E-state index in [1.165, 1.54) is 0 Å². The Morgan fingerprint density at radius 1 is 1.27 bits per heavy atom. The molecule has 2 fully saturated rings. The molecule has 2 aliphatic heterocycles. The summed E-state index contributed by atoms with van der Waals surface area (Å²) in [4.78, 5) is 25.7. The van der Waals surface area contributed by atoms with Crippen LogP contribution in [0.4, 0.5) is 0 Å². The normalized spacial score (nSPS) is 24.8. The molecule has 0 aromatic heterocycles. The molecule has 0 aliphatic carbocycles. The molecular weight excluding hydrogens is 284 g/mol. The Morgan fingerprint density at radius 2 is 2.09 bits per heavy atom. The van der Waals surface area contributed by atoms with Gasteiger partial charge in [0.05, 0.1) is 19.6 Å². The number of carbonyl (C=O) groups is 2. The van der Waals surface area contributed by atoms with Crippen molar-refractivity contribution in [2.24, 2.45) is 5.41 Å². The lowest BCUT2D eigenvalue weighted by Gasteiger charge is -2.21. The van der Waals surface area contributed by atoms with Gasteiger partial charge in [0.15, 0.2) is 0 Å². The predicted octanol–water partition coefficient (Wildman–Crippen LogP) is 0.942. The van der Waals surface area contributed by atoms with E-state index in [0.717, 1.165) is 30.0 Å². The molecular formula is C16H20N2O4. The second kappa shape index (κ2) is 5.61. The summed E-state index contributed by atoms with van der Waals surface area (Å²) >= 11 is 0. The number of nitrogens with one attached hydrogen (secondary N) is 1. The Labute approximate surface area is 129 Å². The molecule has 2 saturated heterocycles. The highest BCUT2D eigenvalue weighted by Crippen LogP contribution is 2.38. The van der Waals surface area contributed by atoms with Crippen molar-refractivity contribution in [1.29, 1.82) is 0 Å². The van der Waals surface area contributed by atoms with Gasteiger partial charge in [-0.15, -0.1) is 0 Å². The van der Waals surface area contributed by atoms with Gasteiger partial charge in [0, 0.05) is 31.1 Å². The molecule has 6 nitrogen and oxygen atoms in total. The molecule has 3 rings (SSSR count). The molecule has 118 valence electrons. The van der Waals surface area contributed by atoms with Crippen LogP contribution in [0.25, 0.3) is 0 Å². The summed E-state index contributed by atoms with van der Waals surface area (Å²) in [5.74, 6) is 1.24. The molecule has 22 heavy (non-hydrogen) atoms. The number of nitrogens with zero attached hydrogens (tertiary/aromatic N) is 1. The molecule has 6 heteroatoms. The van der Waals surface area contributed by atoms with Crippen LogP contribution < -0.4 is 14.8 Å². The molecule has 1 spiro atoms. The number of likely N-dealkylation sites (tertiary alicyclic amines) is 1. The van der Waals surface area contributed by atoms with Gasteiger partial charge in [0.2, 0.25) is 11.8 Å². The van der Waals surface area contributed by atoms with Gasteiger partial charge in [-0.25, -0.2) is 0 Å². The van der Waals surface area contributed by atoms with Gasteiger partial charge in [-0.1, -0.05) is 6.07 Å². The second-order valence-corrected chi connectivity index (χ2v) is 5.97. The van der Waals surface area contributed by atoms with Crippen LogP contribution in [-0.4, -0.2) is 44.0 Å². The van der Waals surface area contributed by atoms with Crippen LogP contribution >= 0.6 is 0 Å². The topological polar surface area (TPSA) is 67.9 Å². The van der Waals surface area contributed by atoms with Crippen LogP contribution in [0.3, 0.4) is 0 Å². The summed E-state index contributed by atoms with van der Waals surface area (Å²) in [6.07, 6.45) is 1.03. The molecule has 0 unspecified atom stereocenters. The maximum Gasteiger partial charge on any atom is 0.234 e. The second-order valence-electron chi connectivity index (χ2n) is 5.97. The van der Waals surface area contributed by atoms with Gasteiger partial charge in [-0.05, 0) is 19.0 Å². The molecule has 1 aromatic carbocycles. The molecule has 2 amide bonds. The standard InChI is InChI=1S/C16H20N2O4/c1-21-12-4-3-11(13(7-12)22-2)9-18-6-5-16(10-18)8-14(19)17-15(16)20/h3-4,7H,5-6,8-10H2,1-2H3,(H,17,19,20)/t16-/m0/s1. The summed E-state index contributed by atoms with van der Waals surface area (Å²) in [5, 5.41) is 2.43. The van der Waals surface area contributed by atoms with Crippen molar-refractivity contribution in [3.8, 4) is 11.5 Å². The first-order valence-electron chi connectivity index (χ1n) is 7.34. The maximum absolute atomic E-state index is 12.0. The minimum atomic E-state index is -0.531. The first kappa shape index (κ1) is 14.8. The average Bonchev–Trinajstić information content (AvgIpc) is 3.03. The highest BCUT2D eigenvalue weighted by Gasteiger charge is 2.50. The van der Waals surface area contributed by atoms with Gasteiger partial charge < -0.3 is 9.47 Å². The Kier molecular flexibility index (Phi) is 3.78. The molecule has 0 bridgehead atoms. The third-order valence-corrected chi connectivity index (χ3v) is 4.55. The van der Waals surface area contributed by atoms with Gasteiger partial charge in [0.25, 0.3) is 0 Å². The van der Waals surface area contributed by atoms with Crippen molar-refractivity contribution in [3.63, 3.8) is 0 Å². The fourth-order valence-electron chi connectivity index (χ4n) is 3.34. The van der Waals surface area contributed by atoms with Crippen LogP contribution in [0.5, 0.6) is 11.5 Å². The van der Waals surface area contributed by atoms with Gasteiger partial charge in [0.1, 0.15) is 11.5 Å². The third kappa shape index (κ3) is 2.54. The molecule has 1 aromatic rings. The number of hydrogen-bond acceptors (Lipinski definition) is 5. The van der Waals surface area contributed by atoms with E-state index in [4.69, 9.17) is 9.47 Å². The molecule has 0 saturated carbocycles. The lowest BCUT2D eigenvalue weighted by atomic mass is 9.85. The first-order valence-corrected chi connectivity index (χ1v) is 7.34. The van der Waals surface area contributed by atoms with Gasteiger partial charge in [-0.2, -0.15) is 0 Å². The van der Waals surface area contributed by atoms with Crippen LogP contribution in [0, 0.1) is 5.41 Å². The number of hydrogen-bond donors (Lipinski definition) is 1. The average molecular weight is 304 g/mol. The highest BCUT2D eigenvalue weighted by molar-refractivity contribution is 6.06. The Hall–Kier alpha value is -2.08. The van der Waals surface area contributed by atoms with Crippen LogP contribution in [0.2, 0.25) is 0 Å². The SMILES string of the molecule is COc1ccc(CN2CC[C@]3(CC(=O)NC3=O)C2)c(OC)c1. The minimum Gasteiger partial charge on any atom is -0.497 e. The monoisotopic (exact) mass is 304 g/mol. The molecule has 0 radical (unpaired) electrons. The third-order valence-electron chi connectivity index (χ3n) is 4.55. The lowest BCUT2D eigenvalue weighted by molar-refractivity contribution is -0.128. The molecule has 2 heterocycles. The van der Waals surface area contributed by atoms with Crippen molar-refractivity contribution in [2.45, 2.75) is 19.4 Å². The quantitative estimate of drug-likeness (QED) is 0.839. The minimum absolute atomic E-state index is 0.123. The Morgan fingerprint density at radius 3 is 2.73 bits per heavy atom. The molecule has 2 aliphatic rings. The fraction of sp³-hybridized carbons (Fsp3) is 0.500. The van der Waals surface area contributed by atoms with Crippen molar-refractivity contribution in [2.75, 3.05) is 27.3 Å². The Bertz CT molecular complexity index is 616. The van der Waals surface area contributed by atoms with E-state index in [2.05, 4.69) is 10.2 Å². The summed E-state index contributed by atoms with van der Waals surface area (Å²) in [7, 11) is 3.25. The number of rotatable bonds is 4. The molecule has 1 N–H and O–H groups in total. The van der Waals surface area contributed by atoms with E-state index in [9.17, 15) is 9.59 Å². The van der Waals surface area contributed by atoms with Crippen molar-refractivity contribution in [3.05, 3.63) is 23.8 Å². The van der Waals surface area contributed by atoms with Crippen LogP contribution in [0.15, 0.2) is 18.2 Å². The first-order chi connectivity index (χ1) is 10.6. The number of carbonyl (C=O) groups excluding carboxylic acids is 2. The van der Waals surface area contributed by atoms with Crippen LogP contribution in [-0.2, 0) is 16.1 Å². The van der Waals surface area contributed by atoms with E-state index in [1.807, 2.05) is 18.2 Å².